The van der Waals surface area contributed by atoms with Crippen molar-refractivity contribution in [3.05, 3.63) is 57.7 Å². The number of alkyl halides is 3. The summed E-state index contributed by atoms with van der Waals surface area (Å²) in [4.78, 5) is 6.86. The van der Waals surface area contributed by atoms with E-state index in [-0.39, 0.29) is 12.5 Å². The number of halogens is 3. The van der Waals surface area contributed by atoms with Gasteiger partial charge in [-0.1, -0.05) is 12.1 Å². The number of aryl methyl sites for hydroxylation is 1. The van der Waals surface area contributed by atoms with E-state index in [1.807, 2.05) is 12.3 Å². The molecule has 5 rings (SSSR count). The summed E-state index contributed by atoms with van der Waals surface area (Å²) in [5.74, 6) is 1.07. The summed E-state index contributed by atoms with van der Waals surface area (Å²) in [6.07, 6.45) is 3.64. The average molecular weight is 455 g/mol. The van der Waals surface area contributed by atoms with Gasteiger partial charge in [0.25, 0.3) is 0 Å². The second kappa shape index (κ2) is 8.64. The van der Waals surface area contributed by atoms with Gasteiger partial charge in [-0.15, -0.1) is 0 Å². The van der Waals surface area contributed by atoms with Crippen LogP contribution in [-0.2, 0) is 19.4 Å². The van der Waals surface area contributed by atoms with Crippen LogP contribution in [0.5, 0.6) is 0 Å². The van der Waals surface area contributed by atoms with Gasteiger partial charge >= 0.3 is 6.18 Å². The number of imidazole rings is 1. The molecule has 0 spiro atoms. The first-order valence-corrected chi connectivity index (χ1v) is 11.9. The van der Waals surface area contributed by atoms with Crippen LogP contribution in [0, 0.1) is 18.3 Å². The highest BCUT2D eigenvalue weighted by Crippen LogP contribution is 2.43. The zero-order valence-electron chi connectivity index (χ0n) is 19.0. The Balaban J connectivity index is 1.27. The van der Waals surface area contributed by atoms with Gasteiger partial charge in [0.05, 0.1) is 12.5 Å². The first-order valence-electron chi connectivity index (χ1n) is 11.9. The lowest BCUT2D eigenvalue weighted by Gasteiger charge is -2.34. The molecule has 0 radical (unpaired) electrons. The molecule has 1 aromatic carbocycles. The molecule has 1 aliphatic heterocycles. The van der Waals surface area contributed by atoms with Gasteiger partial charge < -0.3 is 4.57 Å². The van der Waals surface area contributed by atoms with Crippen molar-refractivity contribution >= 4 is 6.08 Å². The monoisotopic (exact) mass is 454 g/mol. The Hall–Kier alpha value is -2.59. The SMILES string of the molecule is Cc1c(CN2CCC(n3c(C4CC4)cnc3CCC(F)(F)F)CC2)ccc2c1C=C(C#N)C2. The van der Waals surface area contributed by atoms with Crippen molar-refractivity contribution in [3.8, 4) is 6.07 Å². The van der Waals surface area contributed by atoms with Gasteiger partial charge in [-0.2, -0.15) is 18.4 Å². The summed E-state index contributed by atoms with van der Waals surface area (Å²) in [6.45, 7) is 4.84. The Kier molecular flexibility index (Phi) is 5.82. The van der Waals surface area contributed by atoms with Crippen LogP contribution in [-0.4, -0.2) is 33.7 Å². The highest BCUT2D eigenvalue weighted by molar-refractivity contribution is 5.70. The first-order chi connectivity index (χ1) is 15.8. The molecule has 2 aliphatic carbocycles. The quantitative estimate of drug-likeness (QED) is 0.549. The molecule has 0 bridgehead atoms. The highest BCUT2D eigenvalue weighted by atomic mass is 19.4. The van der Waals surface area contributed by atoms with E-state index in [4.69, 9.17) is 0 Å². The molecular formula is C26H29F3N4. The minimum Gasteiger partial charge on any atom is -0.329 e. The zero-order chi connectivity index (χ0) is 23.2. The second-order valence-electron chi connectivity index (χ2n) is 9.75. The van der Waals surface area contributed by atoms with Crippen LogP contribution in [0.15, 0.2) is 23.9 Å². The summed E-state index contributed by atoms with van der Waals surface area (Å²) in [7, 11) is 0. The lowest BCUT2D eigenvalue weighted by molar-refractivity contribution is -0.134. The molecule has 174 valence electrons. The summed E-state index contributed by atoms with van der Waals surface area (Å²) >= 11 is 0. The summed E-state index contributed by atoms with van der Waals surface area (Å²) in [5, 5.41) is 9.22. The first kappa shape index (κ1) is 22.2. The van der Waals surface area contributed by atoms with Crippen molar-refractivity contribution in [1.29, 1.82) is 5.26 Å². The van der Waals surface area contributed by atoms with Gasteiger partial charge in [-0.3, -0.25) is 4.90 Å². The molecule has 1 saturated carbocycles. The van der Waals surface area contributed by atoms with Crippen LogP contribution in [0.25, 0.3) is 6.08 Å². The average Bonchev–Trinajstić information content (AvgIpc) is 3.39. The molecule has 3 aliphatic rings. The number of rotatable bonds is 6. The molecule has 2 heterocycles. The Morgan fingerprint density at radius 3 is 2.58 bits per heavy atom. The highest BCUT2D eigenvalue weighted by Gasteiger charge is 2.34. The van der Waals surface area contributed by atoms with E-state index in [1.54, 1.807) is 0 Å². The largest absolute Gasteiger partial charge is 0.389 e. The van der Waals surface area contributed by atoms with Gasteiger partial charge in [0.15, 0.2) is 0 Å². The topological polar surface area (TPSA) is 44.9 Å². The Labute approximate surface area is 192 Å². The van der Waals surface area contributed by atoms with Crippen molar-refractivity contribution in [2.45, 2.75) is 76.6 Å². The normalized spacial score (nSPS) is 19.4. The molecule has 0 N–H and O–H groups in total. The third-order valence-corrected chi connectivity index (χ3v) is 7.41. The zero-order valence-corrected chi connectivity index (χ0v) is 19.0. The molecule has 4 nitrogen and oxygen atoms in total. The Morgan fingerprint density at radius 1 is 1.15 bits per heavy atom. The van der Waals surface area contributed by atoms with Crippen molar-refractivity contribution < 1.29 is 13.2 Å². The number of hydrogen-bond donors (Lipinski definition) is 0. The van der Waals surface area contributed by atoms with Crippen LogP contribution >= 0.6 is 0 Å². The number of aromatic nitrogens is 2. The third kappa shape index (κ3) is 4.72. The smallest absolute Gasteiger partial charge is 0.329 e. The minimum atomic E-state index is -4.16. The summed E-state index contributed by atoms with van der Waals surface area (Å²) < 4.78 is 40.7. The van der Waals surface area contributed by atoms with Crippen LogP contribution in [0.4, 0.5) is 13.2 Å². The molecular weight excluding hydrogens is 425 g/mol. The maximum Gasteiger partial charge on any atom is 0.389 e. The van der Waals surface area contributed by atoms with Crippen LogP contribution < -0.4 is 0 Å². The number of nitrogens with zero attached hydrogens (tertiary/aromatic N) is 4. The van der Waals surface area contributed by atoms with Gasteiger partial charge in [0, 0.05) is 61.9 Å². The van der Waals surface area contributed by atoms with Gasteiger partial charge in [-0.25, -0.2) is 4.98 Å². The minimum absolute atomic E-state index is 0.0387. The van der Waals surface area contributed by atoms with Crippen molar-refractivity contribution in [1.82, 2.24) is 14.5 Å². The molecule has 1 saturated heterocycles. The standard InChI is InChI=1S/C26H29F3N4/c1-17-21(5-4-20-12-18(14-30)13-23(17)20)16-32-10-7-22(8-11-32)33-24(19-2-3-19)15-31-25(33)6-9-26(27,28)29/h4-5,13,15,19,22H,2-3,6-12,16H2,1H3. The molecule has 0 atom stereocenters. The van der Waals surface area contributed by atoms with E-state index in [1.165, 1.54) is 22.3 Å². The molecule has 1 aromatic heterocycles. The van der Waals surface area contributed by atoms with E-state index < -0.39 is 12.6 Å². The van der Waals surface area contributed by atoms with Crippen molar-refractivity contribution in [2.24, 2.45) is 0 Å². The molecule has 33 heavy (non-hydrogen) atoms. The fourth-order valence-electron chi connectivity index (χ4n) is 5.39. The number of likely N-dealkylation sites (tertiary alicyclic amines) is 1. The second-order valence-corrected chi connectivity index (χ2v) is 9.75. The van der Waals surface area contributed by atoms with Crippen molar-refractivity contribution in [2.75, 3.05) is 13.1 Å². The van der Waals surface area contributed by atoms with E-state index in [0.29, 0.717) is 11.7 Å². The number of allylic oxidation sites excluding steroid dienone is 1. The molecule has 0 unspecified atom stereocenters. The maximum atomic E-state index is 12.8. The fourth-order valence-corrected chi connectivity index (χ4v) is 5.39. The van der Waals surface area contributed by atoms with Crippen LogP contribution in [0.3, 0.4) is 0 Å². The van der Waals surface area contributed by atoms with E-state index in [0.717, 1.165) is 63.0 Å². The van der Waals surface area contributed by atoms with Gasteiger partial charge in [-0.05, 0) is 60.9 Å². The van der Waals surface area contributed by atoms with E-state index >= 15 is 0 Å². The predicted molar refractivity (Wildman–Crippen MR) is 121 cm³/mol. The summed E-state index contributed by atoms with van der Waals surface area (Å²) in [5.41, 5.74) is 6.92. The van der Waals surface area contributed by atoms with Crippen molar-refractivity contribution in [3.63, 3.8) is 0 Å². The Bertz CT molecular complexity index is 1110. The van der Waals surface area contributed by atoms with E-state index in [9.17, 15) is 18.4 Å². The molecule has 2 aromatic rings. The third-order valence-electron chi connectivity index (χ3n) is 7.41. The Morgan fingerprint density at radius 2 is 1.91 bits per heavy atom. The number of benzene rings is 1. The number of nitriles is 1. The van der Waals surface area contributed by atoms with Gasteiger partial charge in [0.2, 0.25) is 0 Å². The molecule has 0 amide bonds. The fraction of sp³-hybridized carbons (Fsp3) is 0.538. The number of fused-ring (bicyclic) bond motifs is 1. The maximum absolute atomic E-state index is 12.8. The predicted octanol–water partition coefficient (Wildman–Crippen LogP) is 5.86. The summed E-state index contributed by atoms with van der Waals surface area (Å²) in [6, 6.07) is 6.83. The molecule has 7 heteroatoms. The van der Waals surface area contributed by atoms with Crippen LogP contribution in [0.2, 0.25) is 0 Å². The van der Waals surface area contributed by atoms with Crippen LogP contribution in [0.1, 0.15) is 77.8 Å². The van der Waals surface area contributed by atoms with Gasteiger partial charge in [0.1, 0.15) is 5.82 Å². The number of piperidine rings is 1. The lowest BCUT2D eigenvalue weighted by Crippen LogP contribution is -2.35. The molecule has 2 fully saturated rings. The number of hydrogen-bond acceptors (Lipinski definition) is 3. The van der Waals surface area contributed by atoms with E-state index in [2.05, 4.69) is 39.6 Å². The lowest BCUT2D eigenvalue weighted by atomic mass is 9.97.